The van der Waals surface area contributed by atoms with Crippen molar-refractivity contribution in [1.29, 1.82) is 0 Å². The molecule has 96 valence electrons. The molecule has 0 aliphatic rings. The highest BCUT2D eigenvalue weighted by Gasteiger charge is 2.26. The predicted octanol–water partition coefficient (Wildman–Crippen LogP) is 2.67. The van der Waals surface area contributed by atoms with E-state index >= 15 is 0 Å². The first-order valence-electron chi connectivity index (χ1n) is 6.04. The van der Waals surface area contributed by atoms with Crippen molar-refractivity contribution in [2.75, 3.05) is 0 Å². The van der Waals surface area contributed by atoms with Crippen LogP contribution in [-0.4, -0.2) is 16.9 Å². The van der Waals surface area contributed by atoms with E-state index in [0.717, 1.165) is 11.1 Å². The average molecular weight is 254 g/mol. The maximum Gasteiger partial charge on any atom is 0.372 e. The number of ketones is 1. The van der Waals surface area contributed by atoms with Crippen LogP contribution in [0.15, 0.2) is 60.7 Å². The van der Waals surface area contributed by atoms with Gasteiger partial charge in [0.05, 0.1) is 5.92 Å². The summed E-state index contributed by atoms with van der Waals surface area (Å²) in [4.78, 5) is 22.8. The van der Waals surface area contributed by atoms with Crippen LogP contribution in [0.1, 0.15) is 17.0 Å². The first-order valence-corrected chi connectivity index (χ1v) is 6.04. The van der Waals surface area contributed by atoms with Gasteiger partial charge in [-0.2, -0.15) is 0 Å². The molecule has 2 aromatic carbocycles. The molecule has 0 spiro atoms. The summed E-state index contributed by atoms with van der Waals surface area (Å²) in [6.45, 7) is 0. The first-order chi connectivity index (χ1) is 9.18. The SMILES string of the molecule is O=C(O)C(=O)C(Cc1ccccc1)c1ccccc1. The summed E-state index contributed by atoms with van der Waals surface area (Å²) < 4.78 is 0. The van der Waals surface area contributed by atoms with Gasteiger partial charge < -0.3 is 5.11 Å². The van der Waals surface area contributed by atoms with Crippen molar-refractivity contribution in [1.82, 2.24) is 0 Å². The molecule has 0 fully saturated rings. The van der Waals surface area contributed by atoms with E-state index in [1.165, 1.54) is 0 Å². The second-order valence-corrected chi connectivity index (χ2v) is 4.32. The second-order valence-electron chi connectivity index (χ2n) is 4.32. The van der Waals surface area contributed by atoms with Crippen LogP contribution in [0.4, 0.5) is 0 Å². The number of aliphatic carboxylic acids is 1. The third-order valence-electron chi connectivity index (χ3n) is 3.01. The van der Waals surface area contributed by atoms with Crippen LogP contribution in [0.3, 0.4) is 0 Å². The number of carbonyl (C=O) groups is 2. The zero-order chi connectivity index (χ0) is 13.7. The number of rotatable bonds is 5. The van der Waals surface area contributed by atoms with E-state index in [1.54, 1.807) is 12.1 Å². The largest absolute Gasteiger partial charge is 0.475 e. The maximum absolute atomic E-state index is 11.8. The number of carbonyl (C=O) groups excluding carboxylic acids is 1. The fraction of sp³-hybridized carbons (Fsp3) is 0.125. The predicted molar refractivity (Wildman–Crippen MR) is 72.0 cm³/mol. The standard InChI is InChI=1S/C16H14O3/c17-15(16(18)19)14(13-9-5-2-6-10-13)11-12-7-3-1-4-8-12/h1-10,14H,11H2,(H,18,19). The smallest absolute Gasteiger partial charge is 0.372 e. The van der Waals surface area contributed by atoms with Gasteiger partial charge in [-0.1, -0.05) is 60.7 Å². The minimum atomic E-state index is -1.38. The van der Waals surface area contributed by atoms with Crippen molar-refractivity contribution in [2.24, 2.45) is 0 Å². The summed E-state index contributed by atoms with van der Waals surface area (Å²) in [7, 11) is 0. The summed E-state index contributed by atoms with van der Waals surface area (Å²) in [6.07, 6.45) is 0.399. The van der Waals surface area contributed by atoms with Crippen LogP contribution < -0.4 is 0 Å². The zero-order valence-electron chi connectivity index (χ0n) is 10.3. The summed E-state index contributed by atoms with van der Waals surface area (Å²) in [5.74, 6) is -2.79. The quantitative estimate of drug-likeness (QED) is 0.834. The molecule has 1 unspecified atom stereocenters. The fourth-order valence-corrected chi connectivity index (χ4v) is 2.05. The Kier molecular flexibility index (Phi) is 4.08. The highest BCUT2D eigenvalue weighted by molar-refractivity contribution is 6.35. The molecule has 1 atom stereocenters. The lowest BCUT2D eigenvalue weighted by Crippen LogP contribution is -2.23. The summed E-state index contributed by atoms with van der Waals surface area (Å²) in [5.41, 5.74) is 1.68. The average Bonchev–Trinajstić information content (AvgIpc) is 2.46. The maximum atomic E-state index is 11.8. The van der Waals surface area contributed by atoms with Crippen LogP contribution >= 0.6 is 0 Å². The minimum Gasteiger partial charge on any atom is -0.475 e. The molecule has 0 bridgehead atoms. The van der Waals surface area contributed by atoms with Gasteiger partial charge in [0.15, 0.2) is 0 Å². The second kappa shape index (κ2) is 5.96. The van der Waals surface area contributed by atoms with E-state index in [-0.39, 0.29) is 0 Å². The van der Waals surface area contributed by atoms with Gasteiger partial charge in [-0.25, -0.2) is 4.79 Å². The van der Waals surface area contributed by atoms with Crippen molar-refractivity contribution in [2.45, 2.75) is 12.3 Å². The van der Waals surface area contributed by atoms with E-state index in [1.807, 2.05) is 48.5 Å². The molecule has 0 radical (unpaired) electrons. The monoisotopic (exact) mass is 254 g/mol. The number of Topliss-reactive ketones (excluding diaryl/α,β-unsaturated/α-hetero) is 1. The Morgan fingerprint density at radius 1 is 0.895 bits per heavy atom. The highest BCUT2D eigenvalue weighted by atomic mass is 16.4. The molecule has 0 aromatic heterocycles. The fourth-order valence-electron chi connectivity index (χ4n) is 2.05. The summed E-state index contributed by atoms with van der Waals surface area (Å²) in [5, 5.41) is 8.94. The van der Waals surface area contributed by atoms with Gasteiger partial charge in [0.1, 0.15) is 0 Å². The first kappa shape index (κ1) is 13.0. The molecule has 0 amide bonds. The Morgan fingerprint density at radius 2 is 1.42 bits per heavy atom. The summed E-state index contributed by atoms with van der Waals surface area (Å²) >= 11 is 0. The van der Waals surface area contributed by atoms with Crippen molar-refractivity contribution in [3.63, 3.8) is 0 Å². The van der Waals surface area contributed by atoms with Crippen LogP contribution in [0, 0.1) is 0 Å². The lowest BCUT2D eigenvalue weighted by Gasteiger charge is -2.14. The molecule has 2 rings (SSSR count). The number of hydrogen-bond donors (Lipinski definition) is 1. The van der Waals surface area contributed by atoms with Gasteiger partial charge >= 0.3 is 5.97 Å². The Hall–Kier alpha value is -2.42. The minimum absolute atomic E-state index is 0.399. The number of hydrogen-bond acceptors (Lipinski definition) is 2. The Bertz CT molecular complexity index is 561. The molecule has 1 N–H and O–H groups in total. The Labute approximate surface area is 111 Å². The highest BCUT2D eigenvalue weighted by Crippen LogP contribution is 2.22. The van der Waals surface area contributed by atoms with Crippen LogP contribution in [0.2, 0.25) is 0 Å². The molecule has 0 heterocycles. The molecule has 0 saturated heterocycles. The lowest BCUT2D eigenvalue weighted by molar-refractivity contribution is -0.149. The topological polar surface area (TPSA) is 54.4 Å². The molecule has 0 aliphatic heterocycles. The molecule has 3 nitrogen and oxygen atoms in total. The number of carboxylic acids is 1. The van der Waals surface area contributed by atoms with Gasteiger partial charge in [0, 0.05) is 0 Å². The van der Waals surface area contributed by atoms with E-state index < -0.39 is 17.7 Å². The molecule has 0 aliphatic carbocycles. The number of carboxylic acid groups (broad SMARTS) is 1. The van der Waals surface area contributed by atoms with Gasteiger partial charge in [0.25, 0.3) is 0 Å². The van der Waals surface area contributed by atoms with Gasteiger partial charge in [-0.3, -0.25) is 4.79 Å². The molecular formula is C16H14O3. The molecular weight excluding hydrogens is 240 g/mol. The number of benzene rings is 2. The van der Waals surface area contributed by atoms with Crippen LogP contribution in [-0.2, 0) is 16.0 Å². The van der Waals surface area contributed by atoms with E-state index in [2.05, 4.69) is 0 Å². The Balaban J connectivity index is 2.30. The normalized spacial score (nSPS) is 11.8. The molecule has 3 heteroatoms. The van der Waals surface area contributed by atoms with Gasteiger partial charge in [0.2, 0.25) is 5.78 Å². The van der Waals surface area contributed by atoms with E-state index in [9.17, 15) is 9.59 Å². The third kappa shape index (κ3) is 3.28. The lowest BCUT2D eigenvalue weighted by atomic mass is 9.88. The molecule has 19 heavy (non-hydrogen) atoms. The van der Waals surface area contributed by atoms with Gasteiger partial charge in [-0.15, -0.1) is 0 Å². The van der Waals surface area contributed by atoms with E-state index in [4.69, 9.17) is 5.11 Å². The Morgan fingerprint density at radius 3 is 1.95 bits per heavy atom. The van der Waals surface area contributed by atoms with Crippen molar-refractivity contribution in [3.05, 3.63) is 71.8 Å². The van der Waals surface area contributed by atoms with Crippen LogP contribution in [0.5, 0.6) is 0 Å². The summed E-state index contributed by atoms with van der Waals surface area (Å²) in [6, 6.07) is 18.5. The van der Waals surface area contributed by atoms with Crippen molar-refractivity contribution in [3.8, 4) is 0 Å². The van der Waals surface area contributed by atoms with Crippen LogP contribution in [0.25, 0.3) is 0 Å². The third-order valence-corrected chi connectivity index (χ3v) is 3.01. The molecule has 0 saturated carbocycles. The van der Waals surface area contributed by atoms with E-state index in [0.29, 0.717) is 6.42 Å². The van der Waals surface area contributed by atoms with Crippen molar-refractivity contribution < 1.29 is 14.7 Å². The van der Waals surface area contributed by atoms with Crippen molar-refractivity contribution >= 4 is 11.8 Å². The zero-order valence-corrected chi connectivity index (χ0v) is 10.3. The van der Waals surface area contributed by atoms with Gasteiger partial charge in [-0.05, 0) is 17.5 Å². The molecule has 2 aromatic rings.